The van der Waals surface area contributed by atoms with Gasteiger partial charge in [0.2, 0.25) is 0 Å². The lowest BCUT2D eigenvalue weighted by Crippen LogP contribution is -2.64. The molecule has 2 fully saturated rings. The van der Waals surface area contributed by atoms with Crippen molar-refractivity contribution in [1.82, 2.24) is 0 Å². The van der Waals surface area contributed by atoms with E-state index < -0.39 is 60.5 Å². The van der Waals surface area contributed by atoms with Crippen molar-refractivity contribution in [3.8, 4) is 5.75 Å². The van der Waals surface area contributed by atoms with Crippen LogP contribution in [0.1, 0.15) is 84.0 Å². The average Bonchev–Trinajstić information content (AvgIpc) is 2.85. The summed E-state index contributed by atoms with van der Waals surface area (Å²) in [6.45, 7) is 2.06. The number of alkyl halides is 5. The Hall–Kier alpha value is -1.31. The smallest absolute Gasteiger partial charge is 0.314 e. The summed E-state index contributed by atoms with van der Waals surface area (Å²) in [6, 6.07) is 6.57. The normalized spacial score (nSPS) is 35.6. The number of carbonyl (C=O) groups is 1. The zero-order chi connectivity index (χ0) is 25.6. The van der Waals surface area contributed by atoms with Crippen molar-refractivity contribution < 1.29 is 31.5 Å². The van der Waals surface area contributed by atoms with Crippen LogP contribution in [0.2, 0.25) is 0 Å². The van der Waals surface area contributed by atoms with Crippen molar-refractivity contribution in [2.24, 2.45) is 11.8 Å². The van der Waals surface area contributed by atoms with Crippen LogP contribution in [-0.4, -0.2) is 35.8 Å². The summed E-state index contributed by atoms with van der Waals surface area (Å²) in [4.78, 5) is 13.2. The number of halogens is 5. The monoisotopic (exact) mass is 520 g/mol. The van der Waals surface area contributed by atoms with E-state index in [4.69, 9.17) is 4.74 Å². The molecule has 2 aliphatic carbocycles. The van der Waals surface area contributed by atoms with Crippen LogP contribution in [0.5, 0.6) is 5.75 Å². The minimum atomic E-state index is -3.00. The molecule has 0 aliphatic heterocycles. The minimum absolute atomic E-state index is 0.0857. The lowest BCUT2D eigenvalue weighted by Gasteiger charge is -2.49. The second-order valence-corrected chi connectivity index (χ2v) is 10.8. The van der Waals surface area contributed by atoms with E-state index in [1.165, 1.54) is 0 Å². The summed E-state index contributed by atoms with van der Waals surface area (Å²) in [5.41, 5.74) is -5.78. The van der Waals surface area contributed by atoms with Crippen LogP contribution in [-0.2, 0) is 4.79 Å². The molecule has 1 aromatic rings. The van der Waals surface area contributed by atoms with Crippen LogP contribution >= 0.6 is 12.6 Å². The molecule has 0 radical (unpaired) electrons. The Kier molecular flexibility index (Phi) is 9.92. The van der Waals surface area contributed by atoms with Crippen molar-refractivity contribution >= 4 is 18.6 Å². The van der Waals surface area contributed by atoms with Gasteiger partial charge >= 0.3 is 5.97 Å². The van der Waals surface area contributed by atoms with E-state index in [0.29, 0.717) is 17.1 Å². The molecule has 1 aromatic carbocycles. The van der Waals surface area contributed by atoms with E-state index >= 15 is 13.2 Å². The Morgan fingerprint density at radius 3 is 2.17 bits per heavy atom. The zero-order valence-corrected chi connectivity index (χ0v) is 21.2. The fourth-order valence-electron chi connectivity index (χ4n) is 5.60. The summed E-state index contributed by atoms with van der Waals surface area (Å²) < 4.78 is 81.3. The molecule has 0 aromatic heterocycles. The molecule has 0 heterocycles. The van der Waals surface area contributed by atoms with Crippen LogP contribution in [0.4, 0.5) is 22.0 Å². The van der Waals surface area contributed by atoms with Crippen molar-refractivity contribution in [3.63, 3.8) is 0 Å². The first-order valence-electron chi connectivity index (χ1n) is 12.9. The Labute approximate surface area is 210 Å². The van der Waals surface area contributed by atoms with Gasteiger partial charge in [-0.15, -0.1) is 12.6 Å². The third-order valence-corrected chi connectivity index (χ3v) is 8.19. The van der Waals surface area contributed by atoms with Crippen molar-refractivity contribution in [2.75, 3.05) is 0 Å². The standard InChI is InChI=1S/C27H37F5O2S/c1-2-3-4-5-6-7-16-26(31)22(28)17-27(32,24(30)23(26)29)19-10-8-18(9-11-19)25(33)34-20-12-14-21(35)15-13-20/h12-15,18-19,22-24,35H,2-11,16-17H2,1H3. The maximum atomic E-state index is 15.8. The lowest BCUT2D eigenvalue weighted by atomic mass is 9.63. The number of unbranched alkanes of at least 4 members (excludes halogenated alkanes) is 5. The first-order chi connectivity index (χ1) is 16.6. The Bertz CT molecular complexity index is 816. The van der Waals surface area contributed by atoms with E-state index in [1.807, 2.05) is 0 Å². The van der Waals surface area contributed by atoms with Gasteiger partial charge in [-0.3, -0.25) is 4.79 Å². The molecule has 2 saturated carbocycles. The Balaban J connectivity index is 1.54. The van der Waals surface area contributed by atoms with E-state index in [-0.39, 0.29) is 32.1 Å². The molecule has 8 heteroatoms. The van der Waals surface area contributed by atoms with Gasteiger partial charge in [0.05, 0.1) is 5.92 Å². The molecule has 2 nitrogen and oxygen atoms in total. The maximum absolute atomic E-state index is 15.8. The molecule has 3 rings (SSSR count). The molecule has 5 atom stereocenters. The number of rotatable bonds is 10. The first-order valence-corrected chi connectivity index (χ1v) is 13.4. The van der Waals surface area contributed by atoms with Gasteiger partial charge in [0.25, 0.3) is 0 Å². The molecule has 0 N–H and O–H groups in total. The molecule has 0 spiro atoms. The average molecular weight is 521 g/mol. The highest BCUT2D eigenvalue weighted by molar-refractivity contribution is 7.80. The third-order valence-electron chi connectivity index (χ3n) is 7.89. The number of carbonyl (C=O) groups excluding carboxylic acids is 1. The number of thiol groups is 1. The predicted molar refractivity (Wildman–Crippen MR) is 130 cm³/mol. The largest absolute Gasteiger partial charge is 0.426 e. The zero-order valence-electron chi connectivity index (χ0n) is 20.3. The fraction of sp³-hybridized carbons (Fsp3) is 0.741. The van der Waals surface area contributed by atoms with E-state index in [2.05, 4.69) is 19.6 Å². The number of esters is 1. The molecule has 0 saturated heterocycles. The highest BCUT2D eigenvalue weighted by Crippen LogP contribution is 2.53. The third kappa shape index (κ3) is 6.53. The van der Waals surface area contributed by atoms with Crippen LogP contribution in [0.25, 0.3) is 0 Å². The topological polar surface area (TPSA) is 26.3 Å². The van der Waals surface area contributed by atoms with Crippen LogP contribution < -0.4 is 4.74 Å². The van der Waals surface area contributed by atoms with E-state index in [1.54, 1.807) is 24.3 Å². The number of benzene rings is 1. The summed E-state index contributed by atoms with van der Waals surface area (Å²) in [5.74, 6) is -1.60. The molecular weight excluding hydrogens is 483 g/mol. The summed E-state index contributed by atoms with van der Waals surface area (Å²) in [7, 11) is 0. The Morgan fingerprint density at radius 1 is 0.943 bits per heavy atom. The number of hydrogen-bond donors (Lipinski definition) is 1. The van der Waals surface area contributed by atoms with Gasteiger partial charge < -0.3 is 4.74 Å². The highest BCUT2D eigenvalue weighted by Gasteiger charge is 2.66. The molecular formula is C27H37F5O2S. The molecule has 35 heavy (non-hydrogen) atoms. The second-order valence-electron chi connectivity index (χ2n) is 10.3. The van der Waals surface area contributed by atoms with Gasteiger partial charge in [-0.1, -0.05) is 45.4 Å². The van der Waals surface area contributed by atoms with Gasteiger partial charge in [0, 0.05) is 11.3 Å². The van der Waals surface area contributed by atoms with Crippen LogP contribution in [0.15, 0.2) is 29.2 Å². The van der Waals surface area contributed by atoms with E-state index in [0.717, 1.165) is 25.7 Å². The van der Waals surface area contributed by atoms with Crippen molar-refractivity contribution in [3.05, 3.63) is 24.3 Å². The minimum Gasteiger partial charge on any atom is -0.426 e. The Morgan fingerprint density at radius 2 is 1.54 bits per heavy atom. The molecule has 0 amide bonds. The SMILES string of the molecule is CCCCCCCCC1(F)C(F)CC(F)(C2CCC(C(=O)Oc3ccc(S)cc3)CC2)C(F)C1F. The molecule has 2 aliphatic rings. The van der Waals surface area contributed by atoms with Gasteiger partial charge in [0.1, 0.15) is 11.9 Å². The molecule has 0 bridgehead atoms. The quantitative estimate of drug-likeness (QED) is 0.110. The van der Waals surface area contributed by atoms with E-state index in [9.17, 15) is 13.6 Å². The molecule has 198 valence electrons. The number of hydrogen-bond acceptors (Lipinski definition) is 3. The molecule has 5 unspecified atom stereocenters. The van der Waals surface area contributed by atoms with Crippen LogP contribution in [0.3, 0.4) is 0 Å². The highest BCUT2D eigenvalue weighted by atomic mass is 32.1. The van der Waals surface area contributed by atoms with Crippen LogP contribution in [0, 0.1) is 11.8 Å². The van der Waals surface area contributed by atoms with Gasteiger partial charge in [0.15, 0.2) is 23.7 Å². The first kappa shape index (κ1) is 28.3. The predicted octanol–water partition coefficient (Wildman–Crippen LogP) is 8.27. The second kappa shape index (κ2) is 12.3. The summed E-state index contributed by atoms with van der Waals surface area (Å²) in [6.07, 6.45) is -4.05. The van der Waals surface area contributed by atoms with Gasteiger partial charge in [-0.25, -0.2) is 22.0 Å². The number of ether oxygens (including phenoxy) is 1. The van der Waals surface area contributed by atoms with Crippen molar-refractivity contribution in [1.29, 1.82) is 0 Å². The maximum Gasteiger partial charge on any atom is 0.314 e. The van der Waals surface area contributed by atoms with Gasteiger partial charge in [-0.05, 0) is 62.3 Å². The van der Waals surface area contributed by atoms with Crippen molar-refractivity contribution in [2.45, 2.75) is 119 Å². The lowest BCUT2D eigenvalue weighted by molar-refractivity contribution is -0.177. The summed E-state index contributed by atoms with van der Waals surface area (Å²) in [5, 5.41) is 0. The van der Waals surface area contributed by atoms with Gasteiger partial charge in [-0.2, -0.15) is 0 Å². The fourth-order valence-corrected chi connectivity index (χ4v) is 5.75. The summed E-state index contributed by atoms with van der Waals surface area (Å²) >= 11 is 4.17.